The molecule has 0 bridgehead atoms. The fourth-order valence-corrected chi connectivity index (χ4v) is 4.01. The monoisotopic (exact) mass is 381 g/mol. The Morgan fingerprint density at radius 1 is 1.07 bits per heavy atom. The summed E-state index contributed by atoms with van der Waals surface area (Å²) in [5.41, 5.74) is 3.28. The molecule has 1 fully saturated rings. The molecule has 5 heteroatoms. The lowest BCUT2D eigenvalue weighted by atomic mass is 9.95. The Bertz CT molecular complexity index is 916. The van der Waals surface area contributed by atoms with Crippen LogP contribution in [-0.2, 0) is 10.2 Å². The van der Waals surface area contributed by atoms with E-state index in [0.29, 0.717) is 0 Å². The molecule has 2 aromatic carbocycles. The van der Waals surface area contributed by atoms with Crippen LogP contribution in [0.4, 0.5) is 4.39 Å². The third kappa shape index (κ3) is 3.66. The largest absolute Gasteiger partial charge is 0.387 e. The van der Waals surface area contributed by atoms with Gasteiger partial charge in [0.2, 0.25) is 5.91 Å². The van der Waals surface area contributed by atoms with Gasteiger partial charge in [-0.25, -0.2) is 4.39 Å². The number of rotatable bonds is 6. The predicted molar refractivity (Wildman–Crippen MR) is 105 cm³/mol. The first kappa shape index (κ1) is 17.9. The number of nitrogens with one attached hydrogen (secondary N) is 1. The number of hydrogen-bond donors (Lipinski definition) is 2. The van der Waals surface area contributed by atoms with Crippen molar-refractivity contribution in [2.45, 2.75) is 24.4 Å². The van der Waals surface area contributed by atoms with Crippen molar-refractivity contribution in [1.82, 2.24) is 5.32 Å². The smallest absolute Gasteiger partial charge is 0.230 e. The third-order valence-electron chi connectivity index (χ3n) is 5.19. The van der Waals surface area contributed by atoms with Gasteiger partial charge in [-0.05, 0) is 64.1 Å². The SMILES string of the molecule is O=C(NC[C@@H](O)c1ccc(-c2ccsc2)cc1)C1(c2ccc(F)cc2)CC1. The molecule has 1 aliphatic carbocycles. The summed E-state index contributed by atoms with van der Waals surface area (Å²) in [6.07, 6.45) is 0.723. The van der Waals surface area contributed by atoms with E-state index >= 15 is 0 Å². The molecule has 27 heavy (non-hydrogen) atoms. The summed E-state index contributed by atoms with van der Waals surface area (Å²) in [4.78, 5) is 12.6. The third-order valence-corrected chi connectivity index (χ3v) is 5.87. The van der Waals surface area contributed by atoms with Crippen molar-refractivity contribution < 1.29 is 14.3 Å². The van der Waals surface area contributed by atoms with Crippen LogP contribution in [0, 0.1) is 5.82 Å². The van der Waals surface area contributed by atoms with Gasteiger partial charge in [-0.15, -0.1) is 0 Å². The number of carbonyl (C=O) groups is 1. The zero-order chi connectivity index (χ0) is 18.9. The highest BCUT2D eigenvalue weighted by atomic mass is 32.1. The van der Waals surface area contributed by atoms with Crippen molar-refractivity contribution in [3.63, 3.8) is 0 Å². The molecular formula is C22H20FNO2S. The van der Waals surface area contributed by atoms with Crippen molar-refractivity contribution >= 4 is 17.2 Å². The Balaban J connectivity index is 1.38. The summed E-state index contributed by atoms with van der Waals surface area (Å²) in [5, 5.41) is 17.4. The van der Waals surface area contributed by atoms with E-state index in [-0.39, 0.29) is 18.3 Å². The minimum absolute atomic E-state index is 0.108. The highest BCUT2D eigenvalue weighted by molar-refractivity contribution is 7.08. The average molecular weight is 381 g/mol. The van der Waals surface area contributed by atoms with Crippen LogP contribution in [0.25, 0.3) is 11.1 Å². The van der Waals surface area contributed by atoms with Crippen LogP contribution in [0.3, 0.4) is 0 Å². The second-order valence-corrected chi connectivity index (χ2v) is 7.73. The molecular weight excluding hydrogens is 361 g/mol. The molecule has 1 amide bonds. The molecule has 3 aromatic rings. The maximum atomic E-state index is 13.1. The normalized spacial score (nSPS) is 15.9. The van der Waals surface area contributed by atoms with Crippen molar-refractivity contribution in [3.8, 4) is 11.1 Å². The fraction of sp³-hybridized carbons (Fsp3) is 0.227. The van der Waals surface area contributed by atoms with Crippen LogP contribution >= 0.6 is 11.3 Å². The number of halogens is 1. The maximum absolute atomic E-state index is 13.1. The lowest BCUT2D eigenvalue weighted by molar-refractivity contribution is -0.124. The number of benzene rings is 2. The number of hydrogen-bond acceptors (Lipinski definition) is 3. The molecule has 0 aliphatic heterocycles. The van der Waals surface area contributed by atoms with Gasteiger partial charge in [0, 0.05) is 6.54 Å². The van der Waals surface area contributed by atoms with E-state index in [4.69, 9.17) is 0 Å². The Morgan fingerprint density at radius 2 is 1.78 bits per heavy atom. The maximum Gasteiger partial charge on any atom is 0.230 e. The van der Waals surface area contributed by atoms with Crippen LogP contribution in [-0.4, -0.2) is 17.6 Å². The number of carbonyl (C=O) groups excluding carboxylic acids is 1. The summed E-state index contributed by atoms with van der Waals surface area (Å²) in [6.45, 7) is 0.152. The van der Waals surface area contributed by atoms with Gasteiger partial charge >= 0.3 is 0 Å². The first-order valence-corrected chi connectivity index (χ1v) is 9.88. The van der Waals surface area contributed by atoms with Crippen molar-refractivity contribution in [1.29, 1.82) is 0 Å². The van der Waals surface area contributed by atoms with E-state index in [0.717, 1.165) is 35.1 Å². The van der Waals surface area contributed by atoms with Crippen molar-refractivity contribution in [3.05, 3.63) is 82.3 Å². The van der Waals surface area contributed by atoms with E-state index < -0.39 is 11.5 Å². The highest BCUT2D eigenvalue weighted by Gasteiger charge is 2.51. The van der Waals surface area contributed by atoms with Gasteiger partial charge < -0.3 is 10.4 Å². The molecule has 0 radical (unpaired) electrons. The lowest BCUT2D eigenvalue weighted by Gasteiger charge is -2.18. The minimum atomic E-state index is -0.769. The molecule has 0 spiro atoms. The second-order valence-electron chi connectivity index (χ2n) is 6.95. The van der Waals surface area contributed by atoms with E-state index in [1.807, 2.05) is 29.6 Å². The number of aliphatic hydroxyl groups excluding tert-OH is 1. The quantitative estimate of drug-likeness (QED) is 0.663. The van der Waals surface area contributed by atoms with Crippen LogP contribution in [0.2, 0.25) is 0 Å². The Morgan fingerprint density at radius 3 is 2.37 bits per heavy atom. The number of aliphatic hydroxyl groups is 1. The van der Waals surface area contributed by atoms with Gasteiger partial charge in [0.25, 0.3) is 0 Å². The van der Waals surface area contributed by atoms with Crippen molar-refractivity contribution in [2.75, 3.05) is 6.54 Å². The van der Waals surface area contributed by atoms with Gasteiger partial charge in [-0.2, -0.15) is 11.3 Å². The van der Waals surface area contributed by atoms with Crippen LogP contribution in [0.15, 0.2) is 65.4 Å². The predicted octanol–water partition coefficient (Wildman–Crippen LogP) is 4.44. The molecule has 1 aromatic heterocycles. The average Bonchev–Trinajstić information content (AvgIpc) is 3.32. The molecule has 2 N–H and O–H groups in total. The van der Waals surface area contributed by atoms with Crippen LogP contribution in [0.5, 0.6) is 0 Å². The number of thiophene rings is 1. The van der Waals surface area contributed by atoms with E-state index in [1.165, 1.54) is 12.1 Å². The summed E-state index contributed by atoms with van der Waals surface area (Å²) in [6, 6.07) is 15.9. The van der Waals surface area contributed by atoms with Crippen molar-refractivity contribution in [2.24, 2.45) is 0 Å². The Hall–Kier alpha value is -2.50. The summed E-state index contributed by atoms with van der Waals surface area (Å²) in [7, 11) is 0. The molecule has 3 nitrogen and oxygen atoms in total. The summed E-state index contributed by atoms with van der Waals surface area (Å²) in [5.74, 6) is -0.417. The molecule has 1 atom stereocenters. The molecule has 138 valence electrons. The first-order valence-electron chi connectivity index (χ1n) is 8.93. The van der Waals surface area contributed by atoms with E-state index in [2.05, 4.69) is 16.8 Å². The lowest BCUT2D eigenvalue weighted by Crippen LogP contribution is -2.37. The molecule has 0 unspecified atom stereocenters. The number of amides is 1. The zero-order valence-electron chi connectivity index (χ0n) is 14.7. The topological polar surface area (TPSA) is 49.3 Å². The van der Waals surface area contributed by atoms with Gasteiger partial charge in [-0.3, -0.25) is 4.79 Å². The van der Waals surface area contributed by atoms with Crippen LogP contribution in [0.1, 0.15) is 30.1 Å². The Kier molecular flexibility index (Phi) is 4.81. The summed E-state index contributed by atoms with van der Waals surface area (Å²) >= 11 is 1.65. The molecule has 0 saturated heterocycles. The molecule has 1 saturated carbocycles. The Labute approximate surface area is 161 Å². The van der Waals surface area contributed by atoms with Gasteiger partial charge in [0.05, 0.1) is 11.5 Å². The molecule has 4 rings (SSSR count). The molecule has 1 heterocycles. The second kappa shape index (κ2) is 7.25. The summed E-state index contributed by atoms with van der Waals surface area (Å²) < 4.78 is 13.1. The molecule has 1 aliphatic rings. The standard InChI is InChI=1S/C22H20FNO2S/c23-19-7-5-18(6-8-19)22(10-11-22)21(26)24-13-20(25)16-3-1-15(2-4-16)17-9-12-27-14-17/h1-9,12,14,20,25H,10-11,13H2,(H,24,26)/t20-/m1/s1. The van der Waals surface area contributed by atoms with Gasteiger partial charge in [-0.1, -0.05) is 36.4 Å². The first-order chi connectivity index (χ1) is 13.1. The minimum Gasteiger partial charge on any atom is -0.387 e. The van der Waals surface area contributed by atoms with Gasteiger partial charge in [0.1, 0.15) is 5.82 Å². The van der Waals surface area contributed by atoms with Crippen LogP contribution < -0.4 is 5.32 Å². The zero-order valence-corrected chi connectivity index (χ0v) is 15.5. The van der Waals surface area contributed by atoms with Gasteiger partial charge in [0.15, 0.2) is 0 Å². The highest BCUT2D eigenvalue weighted by Crippen LogP contribution is 2.48. The fourth-order valence-electron chi connectivity index (χ4n) is 3.34. The van der Waals surface area contributed by atoms with E-state index in [1.54, 1.807) is 23.5 Å². The van der Waals surface area contributed by atoms with E-state index in [9.17, 15) is 14.3 Å².